The van der Waals surface area contributed by atoms with E-state index in [1.165, 1.54) is 6.92 Å². The third kappa shape index (κ3) is 5.66. The highest BCUT2D eigenvalue weighted by molar-refractivity contribution is 7.55. The molecule has 0 unspecified atom stereocenters. The van der Waals surface area contributed by atoms with Gasteiger partial charge in [0.2, 0.25) is 0 Å². The van der Waals surface area contributed by atoms with Crippen molar-refractivity contribution in [3.8, 4) is 0 Å². The third-order valence-corrected chi connectivity index (χ3v) is 4.41. The summed E-state index contributed by atoms with van der Waals surface area (Å²) in [5, 5.41) is 0. The molecule has 6 heteroatoms. The molecule has 0 fully saturated rings. The Bertz CT molecular complexity index is 274. The van der Waals surface area contributed by atoms with Crippen LogP contribution in [0.3, 0.4) is 0 Å². The van der Waals surface area contributed by atoms with Gasteiger partial charge in [-0.2, -0.15) is 0 Å². The Labute approximate surface area is 103 Å². The zero-order valence-corrected chi connectivity index (χ0v) is 12.3. The largest absolute Gasteiger partial charge is 0.465 e. The first kappa shape index (κ1) is 16.6. The van der Waals surface area contributed by atoms with E-state index in [9.17, 15) is 9.36 Å². The molecule has 0 bridgehead atoms. The van der Waals surface area contributed by atoms with E-state index in [2.05, 4.69) is 0 Å². The van der Waals surface area contributed by atoms with E-state index in [-0.39, 0.29) is 18.8 Å². The molecule has 0 saturated carbocycles. The van der Waals surface area contributed by atoms with Gasteiger partial charge in [-0.05, 0) is 41.5 Å². The fourth-order valence-corrected chi connectivity index (χ4v) is 3.11. The SMILES string of the molecule is CCOC(=O)[C@H](C)P(=O)(OC(C)C)OC(C)C. The van der Waals surface area contributed by atoms with Gasteiger partial charge in [-0.25, -0.2) is 0 Å². The van der Waals surface area contributed by atoms with Crippen LogP contribution in [0.5, 0.6) is 0 Å². The fourth-order valence-electron chi connectivity index (χ4n) is 1.19. The lowest BCUT2D eigenvalue weighted by atomic mass is 10.5. The summed E-state index contributed by atoms with van der Waals surface area (Å²) in [4.78, 5) is 11.6. The second-order valence-electron chi connectivity index (χ2n) is 4.28. The number of carbonyl (C=O) groups is 1. The zero-order chi connectivity index (χ0) is 13.6. The van der Waals surface area contributed by atoms with Crippen LogP contribution in [0.2, 0.25) is 0 Å². The number of rotatable bonds is 7. The molecule has 0 aliphatic carbocycles. The Kier molecular flexibility index (Phi) is 6.98. The van der Waals surface area contributed by atoms with Crippen molar-refractivity contribution in [2.24, 2.45) is 0 Å². The van der Waals surface area contributed by atoms with Crippen LogP contribution in [-0.2, 0) is 23.1 Å². The van der Waals surface area contributed by atoms with Gasteiger partial charge < -0.3 is 13.8 Å². The van der Waals surface area contributed by atoms with Crippen LogP contribution >= 0.6 is 7.60 Å². The van der Waals surface area contributed by atoms with Crippen molar-refractivity contribution >= 4 is 13.6 Å². The van der Waals surface area contributed by atoms with Gasteiger partial charge in [0.05, 0.1) is 18.8 Å². The Morgan fingerprint density at radius 3 is 1.76 bits per heavy atom. The van der Waals surface area contributed by atoms with Crippen LogP contribution in [0.25, 0.3) is 0 Å². The van der Waals surface area contributed by atoms with E-state index in [0.29, 0.717) is 0 Å². The van der Waals surface area contributed by atoms with Gasteiger partial charge in [-0.3, -0.25) is 9.36 Å². The first-order valence-electron chi connectivity index (χ1n) is 5.86. The van der Waals surface area contributed by atoms with Crippen molar-refractivity contribution < 1.29 is 23.1 Å². The number of hydrogen-bond donors (Lipinski definition) is 0. The minimum atomic E-state index is -3.48. The van der Waals surface area contributed by atoms with E-state index in [1.54, 1.807) is 34.6 Å². The fraction of sp³-hybridized carbons (Fsp3) is 0.909. The molecule has 0 rings (SSSR count). The monoisotopic (exact) mass is 266 g/mol. The predicted octanol–water partition coefficient (Wildman–Crippen LogP) is 2.98. The maximum atomic E-state index is 12.5. The molecule has 0 radical (unpaired) electrons. The Hall–Kier alpha value is -0.380. The molecule has 0 spiro atoms. The Morgan fingerprint density at radius 2 is 1.47 bits per heavy atom. The number of ether oxygens (including phenoxy) is 1. The second kappa shape index (κ2) is 7.14. The number of esters is 1. The van der Waals surface area contributed by atoms with Crippen LogP contribution in [0.15, 0.2) is 0 Å². The molecule has 0 aromatic rings. The maximum Gasteiger partial charge on any atom is 0.345 e. The van der Waals surface area contributed by atoms with Gasteiger partial charge in [-0.15, -0.1) is 0 Å². The lowest BCUT2D eigenvalue weighted by Crippen LogP contribution is -2.25. The molecular formula is C11H23O5P. The van der Waals surface area contributed by atoms with Crippen molar-refractivity contribution in [3.05, 3.63) is 0 Å². The van der Waals surface area contributed by atoms with Crippen LogP contribution in [0.1, 0.15) is 41.5 Å². The van der Waals surface area contributed by atoms with Crippen LogP contribution in [0.4, 0.5) is 0 Å². The molecule has 0 aliphatic heterocycles. The summed E-state index contributed by atoms with van der Waals surface area (Å²) in [7, 11) is -3.48. The molecule has 0 aromatic carbocycles. The standard InChI is InChI=1S/C11H23O5P/c1-7-14-11(12)10(6)17(13,15-8(2)3)16-9(4)5/h8-10H,7H2,1-6H3/t10-/m0/s1. The second-order valence-corrected chi connectivity index (χ2v) is 6.55. The third-order valence-electron chi connectivity index (χ3n) is 1.82. The minimum absolute atomic E-state index is 0.243. The van der Waals surface area contributed by atoms with Crippen LogP contribution in [-0.4, -0.2) is 30.4 Å². The molecular weight excluding hydrogens is 243 g/mol. The minimum Gasteiger partial charge on any atom is -0.465 e. The average molecular weight is 266 g/mol. The summed E-state index contributed by atoms with van der Waals surface area (Å²) >= 11 is 0. The molecule has 0 saturated heterocycles. The molecule has 1 atom stereocenters. The number of carbonyl (C=O) groups excluding carboxylic acids is 1. The van der Waals surface area contributed by atoms with Gasteiger partial charge in [0.25, 0.3) is 0 Å². The lowest BCUT2D eigenvalue weighted by Gasteiger charge is -2.26. The van der Waals surface area contributed by atoms with Crippen LogP contribution < -0.4 is 0 Å². The van der Waals surface area contributed by atoms with E-state index in [4.69, 9.17) is 13.8 Å². The van der Waals surface area contributed by atoms with Crippen molar-refractivity contribution in [1.82, 2.24) is 0 Å². The van der Waals surface area contributed by atoms with Gasteiger partial charge in [0.1, 0.15) is 0 Å². The van der Waals surface area contributed by atoms with Gasteiger partial charge in [-0.1, -0.05) is 0 Å². The van der Waals surface area contributed by atoms with E-state index < -0.39 is 19.2 Å². The molecule has 5 nitrogen and oxygen atoms in total. The normalized spacial score (nSPS) is 14.1. The molecule has 0 amide bonds. The average Bonchev–Trinajstić information content (AvgIpc) is 2.14. The lowest BCUT2D eigenvalue weighted by molar-refractivity contribution is -0.142. The quantitative estimate of drug-likeness (QED) is 0.523. The summed E-state index contributed by atoms with van der Waals surface area (Å²) in [5.41, 5.74) is -0.910. The van der Waals surface area contributed by atoms with E-state index in [0.717, 1.165) is 0 Å². The highest BCUT2D eigenvalue weighted by atomic mass is 31.2. The molecule has 0 heterocycles. The molecule has 0 aliphatic rings. The van der Waals surface area contributed by atoms with Gasteiger partial charge in [0, 0.05) is 0 Å². The van der Waals surface area contributed by atoms with Crippen molar-refractivity contribution in [2.75, 3.05) is 6.61 Å². The first-order valence-corrected chi connectivity index (χ1v) is 7.47. The summed E-state index contributed by atoms with van der Waals surface area (Å²) in [6, 6.07) is 0. The Morgan fingerprint density at radius 1 is 1.06 bits per heavy atom. The topological polar surface area (TPSA) is 61.8 Å². The molecule has 102 valence electrons. The van der Waals surface area contributed by atoms with Crippen molar-refractivity contribution in [1.29, 1.82) is 0 Å². The molecule has 17 heavy (non-hydrogen) atoms. The summed E-state index contributed by atoms with van der Waals surface area (Å²) < 4.78 is 28.0. The summed E-state index contributed by atoms with van der Waals surface area (Å²) in [6.07, 6.45) is -0.562. The van der Waals surface area contributed by atoms with Crippen LogP contribution in [0, 0.1) is 0 Å². The molecule has 0 aromatic heterocycles. The zero-order valence-electron chi connectivity index (χ0n) is 11.4. The van der Waals surface area contributed by atoms with Crippen molar-refractivity contribution in [2.45, 2.75) is 59.4 Å². The highest BCUT2D eigenvalue weighted by Crippen LogP contribution is 2.55. The van der Waals surface area contributed by atoms with E-state index >= 15 is 0 Å². The van der Waals surface area contributed by atoms with E-state index in [1.807, 2.05) is 0 Å². The smallest absolute Gasteiger partial charge is 0.345 e. The summed E-state index contributed by atoms with van der Waals surface area (Å²) in [6.45, 7) is 10.4. The first-order chi connectivity index (χ1) is 7.73. The van der Waals surface area contributed by atoms with Crippen molar-refractivity contribution in [3.63, 3.8) is 0 Å². The molecule has 0 N–H and O–H groups in total. The Balaban J connectivity index is 4.90. The highest BCUT2D eigenvalue weighted by Gasteiger charge is 2.40. The summed E-state index contributed by atoms with van der Waals surface area (Å²) in [5.74, 6) is -0.558. The maximum absolute atomic E-state index is 12.5. The van der Waals surface area contributed by atoms with Gasteiger partial charge in [0.15, 0.2) is 5.66 Å². The van der Waals surface area contributed by atoms with Gasteiger partial charge >= 0.3 is 13.6 Å². The number of hydrogen-bond acceptors (Lipinski definition) is 5. The predicted molar refractivity (Wildman–Crippen MR) is 66.1 cm³/mol.